The molecule has 24 valence electrons. The number of hydrogen-bond donors (Lipinski definition) is 0. The minimum atomic E-state index is -3.63. The fourth-order valence-electron chi connectivity index (χ4n) is 0. The average molecular weight is 125 g/mol. The molecule has 0 saturated heterocycles. The van der Waals surface area contributed by atoms with Gasteiger partial charge in [-0.05, 0) is 0 Å². The smallest absolute Gasteiger partial charge is 0.672 e. The van der Waals surface area contributed by atoms with Crippen molar-refractivity contribution in [1.82, 2.24) is 0 Å². The molecule has 0 aromatic carbocycles. The SMILES string of the molecule is O=[Si]([O-])[O-].[H+].[Ti+4]. The third-order valence-corrected chi connectivity index (χ3v) is 0. The molecule has 0 aromatic heterocycles. The Bertz CT molecular complexity index is 33.8. The van der Waals surface area contributed by atoms with Crippen LogP contribution in [0.1, 0.15) is 1.43 Å². The Labute approximate surface area is 46.9 Å². The van der Waals surface area contributed by atoms with Gasteiger partial charge in [-0.2, -0.15) is 0 Å². The molecular weight excluding hydrogens is 124 g/mol. The first-order chi connectivity index (χ1) is 1.73. The van der Waals surface area contributed by atoms with Crippen molar-refractivity contribution in [3.63, 3.8) is 0 Å². The first-order valence-electron chi connectivity index (χ1n) is 0.612. The van der Waals surface area contributed by atoms with Gasteiger partial charge >= 0.3 is 23.1 Å². The molecule has 5 heteroatoms. The molecule has 0 saturated carbocycles. The Kier molecular flexibility index (Phi) is 7.81. The summed E-state index contributed by atoms with van der Waals surface area (Å²) in [6, 6.07) is 0. The van der Waals surface area contributed by atoms with E-state index in [0.29, 0.717) is 0 Å². The molecule has 0 fully saturated rings. The molecule has 0 amide bonds. The molecule has 0 aliphatic rings. The van der Waals surface area contributed by atoms with Crippen molar-refractivity contribution < 1.29 is 37.2 Å². The Morgan fingerprint density at radius 2 is 1.60 bits per heavy atom. The van der Waals surface area contributed by atoms with Crippen LogP contribution in [0, 0.1) is 0 Å². The molecule has 0 aliphatic carbocycles. The van der Waals surface area contributed by atoms with Gasteiger partial charge in [-0.25, -0.2) is 0 Å². The van der Waals surface area contributed by atoms with E-state index in [9.17, 15) is 0 Å². The van der Waals surface area contributed by atoms with E-state index in [1.54, 1.807) is 0 Å². The molecule has 0 rings (SSSR count). The van der Waals surface area contributed by atoms with Gasteiger partial charge in [0.2, 0.25) is 0 Å². The minimum Gasteiger partial charge on any atom is -0.672 e. The fourth-order valence-corrected chi connectivity index (χ4v) is 0. The van der Waals surface area contributed by atoms with Crippen LogP contribution in [-0.2, 0) is 26.2 Å². The topological polar surface area (TPSA) is 63.2 Å². The van der Waals surface area contributed by atoms with Crippen molar-refractivity contribution >= 4 is 9.17 Å². The van der Waals surface area contributed by atoms with Gasteiger partial charge in [0.05, 0.1) is 0 Å². The van der Waals surface area contributed by atoms with E-state index in [1.165, 1.54) is 0 Å². The van der Waals surface area contributed by atoms with Crippen molar-refractivity contribution in [1.29, 1.82) is 0 Å². The fraction of sp³-hybridized carbons (Fsp3) is 0. The Morgan fingerprint density at radius 1 is 1.60 bits per heavy atom. The molecular formula is HO3SiTi+3. The second-order valence-corrected chi connectivity index (χ2v) is 0.750. The number of hydrogen-bond acceptors (Lipinski definition) is 3. The molecule has 0 radical (unpaired) electrons. The zero-order chi connectivity index (χ0) is 3.58. The minimum absolute atomic E-state index is 0. The summed E-state index contributed by atoms with van der Waals surface area (Å²) >= 11 is 0. The van der Waals surface area contributed by atoms with Gasteiger partial charge in [0.1, 0.15) is 0 Å². The quantitative estimate of drug-likeness (QED) is 0.329. The largest absolute Gasteiger partial charge is 4.00 e. The van der Waals surface area contributed by atoms with E-state index in [0.717, 1.165) is 0 Å². The van der Waals surface area contributed by atoms with Gasteiger partial charge in [0, 0.05) is 9.17 Å². The van der Waals surface area contributed by atoms with Gasteiger partial charge in [0.25, 0.3) is 0 Å². The van der Waals surface area contributed by atoms with E-state index in [4.69, 9.17) is 14.1 Å². The summed E-state index contributed by atoms with van der Waals surface area (Å²) < 4.78 is 8.52. The average Bonchev–Trinajstić information content (AvgIpc) is 0.811. The summed E-state index contributed by atoms with van der Waals surface area (Å²) in [5, 5.41) is 0. The van der Waals surface area contributed by atoms with Gasteiger partial charge in [0.15, 0.2) is 0 Å². The molecule has 0 atom stereocenters. The molecule has 0 N–H and O–H groups in total. The van der Waals surface area contributed by atoms with E-state index >= 15 is 0 Å². The molecule has 5 heavy (non-hydrogen) atoms. The predicted octanol–water partition coefficient (Wildman–Crippen LogP) is -2.77. The normalized spacial score (nSPS) is 4.80. The number of rotatable bonds is 0. The van der Waals surface area contributed by atoms with Gasteiger partial charge in [-0.15, -0.1) is 0 Å². The van der Waals surface area contributed by atoms with E-state index in [1.807, 2.05) is 0 Å². The van der Waals surface area contributed by atoms with Crippen LogP contribution < -0.4 is 9.59 Å². The molecule has 0 unspecified atom stereocenters. The predicted molar refractivity (Wildman–Crippen MR) is 7.55 cm³/mol. The summed E-state index contributed by atoms with van der Waals surface area (Å²) in [6.45, 7) is 0. The van der Waals surface area contributed by atoms with Crippen LogP contribution in [0.15, 0.2) is 0 Å². The third-order valence-electron chi connectivity index (χ3n) is 0. The van der Waals surface area contributed by atoms with Gasteiger partial charge in [-0.3, -0.25) is 0 Å². The zero-order valence-corrected chi connectivity index (χ0v) is 4.79. The molecule has 0 spiro atoms. The summed E-state index contributed by atoms with van der Waals surface area (Å²) in [4.78, 5) is 17.0. The van der Waals surface area contributed by atoms with Crippen molar-refractivity contribution in [2.75, 3.05) is 0 Å². The van der Waals surface area contributed by atoms with E-state index in [-0.39, 0.29) is 23.1 Å². The van der Waals surface area contributed by atoms with Crippen molar-refractivity contribution in [2.45, 2.75) is 0 Å². The maximum absolute atomic E-state index is 8.52. The molecule has 3 nitrogen and oxygen atoms in total. The van der Waals surface area contributed by atoms with Crippen LogP contribution >= 0.6 is 0 Å². The maximum Gasteiger partial charge on any atom is 4.00 e. The summed E-state index contributed by atoms with van der Waals surface area (Å²) in [7, 11) is -3.63. The van der Waals surface area contributed by atoms with Crippen LogP contribution in [0.4, 0.5) is 0 Å². The summed E-state index contributed by atoms with van der Waals surface area (Å²) in [6.07, 6.45) is 0. The van der Waals surface area contributed by atoms with Crippen LogP contribution in [-0.4, -0.2) is 9.17 Å². The maximum atomic E-state index is 8.52. The Hall–Kier alpha value is 0.331. The molecule has 0 bridgehead atoms. The van der Waals surface area contributed by atoms with Crippen molar-refractivity contribution in [2.24, 2.45) is 0 Å². The second kappa shape index (κ2) is 4.33. The van der Waals surface area contributed by atoms with E-state index in [2.05, 4.69) is 0 Å². The van der Waals surface area contributed by atoms with Gasteiger partial charge in [-0.1, -0.05) is 0 Å². The third kappa shape index (κ3) is 215. The Morgan fingerprint density at radius 3 is 1.60 bits per heavy atom. The standard InChI is InChI=1S/O3Si.Ti/c1-4(2)3;/q-2;+4/p+1. The van der Waals surface area contributed by atoms with Crippen LogP contribution in [0.25, 0.3) is 0 Å². The Balaban J connectivity index is -0.0000000450. The van der Waals surface area contributed by atoms with Crippen LogP contribution in [0.2, 0.25) is 0 Å². The first kappa shape index (κ1) is 9.01. The second-order valence-electron chi connectivity index (χ2n) is 0.250. The zero-order valence-electron chi connectivity index (χ0n) is 3.22. The van der Waals surface area contributed by atoms with Crippen LogP contribution in [0.3, 0.4) is 0 Å². The summed E-state index contributed by atoms with van der Waals surface area (Å²) in [5.41, 5.74) is 0. The first-order valence-corrected chi connectivity index (χ1v) is 1.84. The monoisotopic (exact) mass is 125 g/mol. The summed E-state index contributed by atoms with van der Waals surface area (Å²) in [5.74, 6) is 0. The molecule has 0 heterocycles. The molecule has 0 aromatic rings. The van der Waals surface area contributed by atoms with Crippen molar-refractivity contribution in [3.05, 3.63) is 0 Å². The van der Waals surface area contributed by atoms with E-state index < -0.39 is 9.17 Å². The van der Waals surface area contributed by atoms with Crippen molar-refractivity contribution in [3.8, 4) is 0 Å². The molecule has 0 aliphatic heterocycles. The van der Waals surface area contributed by atoms with Crippen LogP contribution in [0.5, 0.6) is 0 Å². The van der Waals surface area contributed by atoms with Gasteiger partial charge < -0.3 is 14.1 Å².